The molecule has 0 bridgehead atoms. The van der Waals surface area contributed by atoms with Crippen LogP contribution >= 0.6 is 36.2 Å². The van der Waals surface area contributed by atoms with Gasteiger partial charge in [0, 0.05) is 60.2 Å². The molecule has 8 heteroatoms. The van der Waals surface area contributed by atoms with Crippen molar-refractivity contribution in [2.45, 2.75) is 6.42 Å². The maximum Gasteiger partial charge on any atom is 0.165 e. The van der Waals surface area contributed by atoms with Crippen LogP contribution < -0.4 is 9.64 Å². The monoisotopic (exact) mass is 470 g/mol. The number of fused-ring (bicyclic) bond motifs is 1. The van der Waals surface area contributed by atoms with Crippen molar-refractivity contribution < 1.29 is 13.9 Å². The Balaban J connectivity index is 0.00000160. The number of halogens is 3. The van der Waals surface area contributed by atoms with Gasteiger partial charge in [0.15, 0.2) is 5.78 Å². The van der Waals surface area contributed by atoms with Gasteiger partial charge in [0.2, 0.25) is 0 Å². The molecule has 2 heterocycles. The standard InChI is InChI=1S/C22H23FN2O2S.2ClH/c1-27-21-5-3-2-4-19(21)25-12-10-24(11-13-25)9-8-20(26)18-15-28-22-7-6-16(23)14-17(18)22;;/h2-7,14-15H,8-13H2,1H3;2*1H. The summed E-state index contributed by atoms with van der Waals surface area (Å²) in [5, 5.41) is 2.59. The van der Waals surface area contributed by atoms with Crippen LogP contribution in [-0.2, 0) is 0 Å². The topological polar surface area (TPSA) is 32.8 Å². The summed E-state index contributed by atoms with van der Waals surface area (Å²) in [5.41, 5.74) is 1.76. The predicted molar refractivity (Wildman–Crippen MR) is 127 cm³/mol. The molecule has 1 aromatic heterocycles. The SMILES string of the molecule is COc1ccccc1N1CCN(CCC(=O)c2csc3ccc(F)cc23)CC1.Cl.Cl. The van der Waals surface area contributed by atoms with Crippen molar-refractivity contribution in [2.75, 3.05) is 44.7 Å². The van der Waals surface area contributed by atoms with Crippen molar-refractivity contribution in [3.05, 3.63) is 59.2 Å². The Morgan fingerprint density at radius 1 is 1.10 bits per heavy atom. The highest BCUT2D eigenvalue weighted by Crippen LogP contribution is 2.29. The second-order valence-corrected chi connectivity index (χ2v) is 7.87. The lowest BCUT2D eigenvalue weighted by Crippen LogP contribution is -2.47. The van der Waals surface area contributed by atoms with E-state index >= 15 is 0 Å². The minimum absolute atomic E-state index is 0. The molecule has 162 valence electrons. The van der Waals surface area contributed by atoms with Gasteiger partial charge in [0.1, 0.15) is 11.6 Å². The maximum atomic E-state index is 13.5. The van der Waals surface area contributed by atoms with E-state index in [9.17, 15) is 9.18 Å². The zero-order valence-electron chi connectivity index (χ0n) is 16.7. The van der Waals surface area contributed by atoms with Crippen LogP contribution in [0.3, 0.4) is 0 Å². The Morgan fingerprint density at radius 2 is 1.83 bits per heavy atom. The normalized spacial score (nSPS) is 14.1. The molecule has 1 aliphatic heterocycles. The average molecular weight is 471 g/mol. The summed E-state index contributed by atoms with van der Waals surface area (Å²) >= 11 is 1.49. The molecule has 0 amide bonds. The van der Waals surface area contributed by atoms with Gasteiger partial charge in [0.25, 0.3) is 0 Å². The number of carbonyl (C=O) groups excluding carboxylic acids is 1. The van der Waals surface area contributed by atoms with E-state index in [-0.39, 0.29) is 36.4 Å². The number of anilines is 1. The summed E-state index contributed by atoms with van der Waals surface area (Å²) in [6.07, 6.45) is 0.455. The first kappa shape index (κ1) is 24.4. The molecule has 0 atom stereocenters. The van der Waals surface area contributed by atoms with Gasteiger partial charge < -0.3 is 9.64 Å². The fourth-order valence-corrected chi connectivity index (χ4v) is 4.66. The van der Waals surface area contributed by atoms with Gasteiger partial charge in [-0.25, -0.2) is 4.39 Å². The van der Waals surface area contributed by atoms with Crippen molar-refractivity contribution in [1.82, 2.24) is 4.90 Å². The Hall–Kier alpha value is -1.86. The lowest BCUT2D eigenvalue weighted by molar-refractivity contribution is 0.0964. The van der Waals surface area contributed by atoms with Crippen LogP contribution in [0.15, 0.2) is 47.8 Å². The van der Waals surface area contributed by atoms with Crippen molar-refractivity contribution in [3.63, 3.8) is 0 Å². The largest absolute Gasteiger partial charge is 0.495 e. The fraction of sp³-hybridized carbons (Fsp3) is 0.318. The van der Waals surface area contributed by atoms with Gasteiger partial charge in [-0.2, -0.15) is 0 Å². The number of nitrogens with zero attached hydrogens (tertiary/aromatic N) is 2. The van der Waals surface area contributed by atoms with Crippen LogP contribution in [0.25, 0.3) is 10.1 Å². The second kappa shape index (κ2) is 11.0. The molecule has 4 rings (SSSR count). The van der Waals surface area contributed by atoms with Crippen molar-refractivity contribution in [1.29, 1.82) is 0 Å². The van der Waals surface area contributed by atoms with E-state index in [4.69, 9.17) is 4.74 Å². The maximum absolute atomic E-state index is 13.5. The molecular weight excluding hydrogens is 446 g/mol. The summed E-state index contributed by atoms with van der Waals surface area (Å²) in [6, 6.07) is 12.7. The Morgan fingerprint density at radius 3 is 2.57 bits per heavy atom. The third kappa shape index (κ3) is 5.24. The number of hydrogen-bond acceptors (Lipinski definition) is 5. The Bertz CT molecular complexity index is 990. The molecule has 2 aromatic carbocycles. The zero-order valence-corrected chi connectivity index (χ0v) is 19.1. The third-order valence-electron chi connectivity index (χ3n) is 5.29. The van der Waals surface area contributed by atoms with Gasteiger partial charge in [-0.05, 0) is 30.3 Å². The van der Waals surface area contributed by atoms with E-state index in [0.717, 1.165) is 54.2 Å². The van der Waals surface area contributed by atoms with Crippen LogP contribution in [-0.4, -0.2) is 50.5 Å². The molecule has 0 saturated carbocycles. The highest BCUT2D eigenvalue weighted by molar-refractivity contribution is 7.17. The van der Waals surface area contributed by atoms with E-state index in [0.29, 0.717) is 12.0 Å². The Kier molecular flexibility index (Phi) is 8.92. The van der Waals surface area contributed by atoms with Crippen LogP contribution in [0.1, 0.15) is 16.8 Å². The quantitative estimate of drug-likeness (QED) is 0.458. The first-order valence-corrected chi connectivity index (χ1v) is 10.3. The van der Waals surface area contributed by atoms with Gasteiger partial charge in [-0.15, -0.1) is 36.2 Å². The number of carbonyl (C=O) groups is 1. The molecule has 0 N–H and O–H groups in total. The lowest BCUT2D eigenvalue weighted by Gasteiger charge is -2.36. The third-order valence-corrected chi connectivity index (χ3v) is 6.25. The van der Waals surface area contributed by atoms with Crippen molar-refractivity contribution in [3.8, 4) is 5.75 Å². The van der Waals surface area contributed by atoms with E-state index in [1.54, 1.807) is 13.2 Å². The smallest absolute Gasteiger partial charge is 0.165 e. The number of rotatable bonds is 6. The van der Waals surface area contributed by atoms with Crippen LogP contribution in [0, 0.1) is 5.82 Å². The highest BCUT2D eigenvalue weighted by Gasteiger charge is 2.21. The van der Waals surface area contributed by atoms with E-state index in [1.165, 1.54) is 23.5 Å². The molecule has 1 saturated heterocycles. The molecule has 1 fully saturated rings. The molecule has 0 aliphatic carbocycles. The molecule has 0 spiro atoms. The first-order chi connectivity index (χ1) is 13.7. The number of ketones is 1. The number of piperazine rings is 1. The molecule has 0 radical (unpaired) electrons. The minimum Gasteiger partial charge on any atom is -0.495 e. The van der Waals surface area contributed by atoms with Gasteiger partial charge in [-0.3, -0.25) is 9.69 Å². The van der Waals surface area contributed by atoms with Crippen molar-refractivity contribution in [2.24, 2.45) is 0 Å². The zero-order chi connectivity index (χ0) is 19.5. The summed E-state index contributed by atoms with van der Waals surface area (Å²) in [6.45, 7) is 4.35. The number of thiophene rings is 1. The number of methoxy groups -OCH3 is 1. The molecular formula is C22H25Cl2FN2O2S. The van der Waals surface area contributed by atoms with E-state index in [1.807, 2.05) is 23.6 Å². The lowest BCUT2D eigenvalue weighted by atomic mass is 10.1. The van der Waals surface area contributed by atoms with E-state index in [2.05, 4.69) is 15.9 Å². The average Bonchev–Trinajstić information content (AvgIpc) is 3.15. The summed E-state index contributed by atoms with van der Waals surface area (Å²) in [5.74, 6) is 0.680. The summed E-state index contributed by atoms with van der Waals surface area (Å²) in [4.78, 5) is 17.3. The van der Waals surface area contributed by atoms with Crippen LogP contribution in [0.2, 0.25) is 0 Å². The minimum atomic E-state index is -0.299. The molecule has 1 aliphatic rings. The highest BCUT2D eigenvalue weighted by atomic mass is 35.5. The number of benzene rings is 2. The van der Waals surface area contributed by atoms with Crippen molar-refractivity contribution >= 4 is 57.7 Å². The second-order valence-electron chi connectivity index (χ2n) is 6.96. The van der Waals surface area contributed by atoms with Gasteiger partial charge in [-0.1, -0.05) is 12.1 Å². The number of Topliss-reactive ketones (excluding diaryl/α,β-unsaturated/α-hetero) is 1. The van der Waals surface area contributed by atoms with E-state index < -0.39 is 0 Å². The molecule has 30 heavy (non-hydrogen) atoms. The van der Waals surface area contributed by atoms with Gasteiger partial charge >= 0.3 is 0 Å². The number of ether oxygens (including phenoxy) is 1. The van der Waals surface area contributed by atoms with Crippen LogP contribution in [0.4, 0.5) is 10.1 Å². The van der Waals surface area contributed by atoms with Crippen LogP contribution in [0.5, 0.6) is 5.75 Å². The molecule has 0 unspecified atom stereocenters. The fourth-order valence-electron chi connectivity index (χ4n) is 3.72. The predicted octanol–water partition coefficient (Wildman–Crippen LogP) is 5.29. The van der Waals surface area contributed by atoms with Gasteiger partial charge in [0.05, 0.1) is 12.8 Å². The molecule has 3 aromatic rings. The Labute approximate surface area is 192 Å². The summed E-state index contributed by atoms with van der Waals surface area (Å²) < 4.78 is 20.0. The number of para-hydroxylation sites is 2. The summed E-state index contributed by atoms with van der Waals surface area (Å²) in [7, 11) is 1.70. The first-order valence-electron chi connectivity index (χ1n) is 9.46. The number of hydrogen-bond donors (Lipinski definition) is 0. The molecule has 4 nitrogen and oxygen atoms in total.